The Kier molecular flexibility index (Phi) is 7.18. The average Bonchev–Trinajstić information content (AvgIpc) is 3.02. The molecule has 160 valence electrons. The molecule has 1 unspecified atom stereocenters. The first kappa shape index (κ1) is 23.0. The third kappa shape index (κ3) is 6.37. The third-order valence-electron chi connectivity index (χ3n) is 4.19. The fourth-order valence-corrected chi connectivity index (χ4v) is 3.59. The van der Waals surface area contributed by atoms with Gasteiger partial charge in [-0.2, -0.15) is 5.10 Å². The van der Waals surface area contributed by atoms with Crippen LogP contribution >= 0.6 is 0 Å². The van der Waals surface area contributed by atoms with Crippen molar-refractivity contribution in [3.8, 4) is 0 Å². The highest BCUT2D eigenvalue weighted by molar-refractivity contribution is 7.83. The van der Waals surface area contributed by atoms with Crippen molar-refractivity contribution < 1.29 is 18.5 Å². The van der Waals surface area contributed by atoms with Gasteiger partial charge in [-0.1, -0.05) is 27.7 Å². The smallest absolute Gasteiger partial charge is 0.331 e. The summed E-state index contributed by atoms with van der Waals surface area (Å²) in [7, 11) is -1.88. The predicted octanol–water partition coefficient (Wildman–Crippen LogP) is 3.88. The minimum atomic E-state index is -1.88. The third-order valence-corrected chi connectivity index (χ3v) is 5.16. The van der Waals surface area contributed by atoms with Gasteiger partial charge in [-0.25, -0.2) is 13.4 Å². The number of anilines is 1. The summed E-state index contributed by atoms with van der Waals surface area (Å²) < 4.78 is 30.3. The van der Waals surface area contributed by atoms with Gasteiger partial charge in [0.15, 0.2) is 16.0 Å². The molecule has 1 aromatic heterocycles. The van der Waals surface area contributed by atoms with E-state index in [1.165, 1.54) is 22.9 Å². The van der Waals surface area contributed by atoms with Gasteiger partial charge >= 0.3 is 6.03 Å². The van der Waals surface area contributed by atoms with E-state index in [2.05, 4.69) is 15.1 Å². The van der Waals surface area contributed by atoms with Gasteiger partial charge in [0.05, 0.1) is 12.1 Å². The largest absolute Gasteiger partial charge is 0.389 e. The molecule has 1 aromatic carbocycles. The number of hydrogen-bond acceptors (Lipinski definition) is 4. The second-order valence-corrected chi connectivity index (χ2v) is 9.42. The zero-order valence-electron chi connectivity index (χ0n) is 17.6. The Hall–Kier alpha value is -2.26. The number of halogens is 1. The topological polar surface area (TPSA) is 96.2 Å². The van der Waals surface area contributed by atoms with Crippen LogP contribution < -0.4 is 10.0 Å². The highest BCUT2D eigenvalue weighted by Crippen LogP contribution is 2.33. The van der Waals surface area contributed by atoms with Gasteiger partial charge in [0.2, 0.25) is 0 Å². The molecule has 0 fully saturated rings. The average molecular weight is 425 g/mol. The molecule has 29 heavy (non-hydrogen) atoms. The van der Waals surface area contributed by atoms with Crippen molar-refractivity contribution in [2.45, 2.75) is 70.6 Å². The molecule has 0 saturated heterocycles. The molecule has 0 radical (unpaired) electrons. The molecule has 2 rings (SSSR count). The van der Waals surface area contributed by atoms with Gasteiger partial charge in [0.1, 0.15) is 5.82 Å². The summed E-state index contributed by atoms with van der Waals surface area (Å²) in [6.07, 6.45) is 1.58. The summed E-state index contributed by atoms with van der Waals surface area (Å²) in [6, 6.07) is 3.65. The van der Waals surface area contributed by atoms with Gasteiger partial charge in [-0.3, -0.25) is 9.40 Å². The zero-order valence-corrected chi connectivity index (χ0v) is 18.4. The van der Waals surface area contributed by atoms with E-state index in [1.54, 1.807) is 20.0 Å². The first-order valence-corrected chi connectivity index (χ1v) is 10.6. The molecule has 0 aliphatic heterocycles. The highest BCUT2D eigenvalue weighted by Gasteiger charge is 2.20. The van der Waals surface area contributed by atoms with Crippen LogP contribution in [0, 0.1) is 5.82 Å². The Morgan fingerprint density at radius 3 is 2.28 bits per heavy atom. The first-order chi connectivity index (χ1) is 13.4. The lowest BCUT2D eigenvalue weighted by Crippen LogP contribution is -2.32. The van der Waals surface area contributed by atoms with Crippen molar-refractivity contribution >= 4 is 22.7 Å². The lowest BCUT2D eigenvalue weighted by Gasteiger charge is -2.20. The fourth-order valence-electron chi connectivity index (χ4n) is 2.91. The molecule has 3 N–H and O–H groups in total. The summed E-state index contributed by atoms with van der Waals surface area (Å²) >= 11 is 0. The van der Waals surface area contributed by atoms with E-state index in [0.29, 0.717) is 16.8 Å². The molecule has 1 atom stereocenters. The van der Waals surface area contributed by atoms with Gasteiger partial charge in [0.25, 0.3) is 0 Å². The van der Waals surface area contributed by atoms with Gasteiger partial charge in [-0.05, 0) is 55.0 Å². The number of carbonyl (C=O) groups is 1. The second-order valence-electron chi connectivity index (χ2n) is 8.26. The van der Waals surface area contributed by atoms with Crippen LogP contribution in [0.3, 0.4) is 0 Å². The van der Waals surface area contributed by atoms with E-state index in [1.807, 2.05) is 27.7 Å². The number of carbonyl (C=O) groups excluding carboxylic acids is 1. The van der Waals surface area contributed by atoms with Crippen LogP contribution in [0.1, 0.15) is 64.5 Å². The highest BCUT2D eigenvalue weighted by atomic mass is 32.2. The maximum atomic E-state index is 14.0. The van der Waals surface area contributed by atoms with Crippen LogP contribution in [0.5, 0.6) is 0 Å². The van der Waals surface area contributed by atoms with E-state index in [0.717, 1.165) is 0 Å². The molecular formula is C20H29FN4O3S. The molecule has 9 heteroatoms. The molecule has 0 spiro atoms. The Morgan fingerprint density at radius 2 is 1.79 bits per heavy atom. The predicted molar refractivity (Wildman–Crippen MR) is 112 cm³/mol. The zero-order chi connectivity index (χ0) is 21.9. The molecular weight excluding hydrogens is 395 g/mol. The Morgan fingerprint density at radius 1 is 1.24 bits per heavy atom. The van der Waals surface area contributed by atoms with Crippen molar-refractivity contribution in [1.82, 2.24) is 14.5 Å². The monoisotopic (exact) mass is 424 g/mol. The number of nitrogens with one attached hydrogen (secondary N) is 2. The van der Waals surface area contributed by atoms with E-state index in [-0.39, 0.29) is 29.2 Å². The Bertz CT molecular complexity index is 874. The first-order valence-electron chi connectivity index (χ1n) is 9.46. The van der Waals surface area contributed by atoms with Crippen molar-refractivity contribution in [1.29, 1.82) is 0 Å². The molecule has 1 heterocycles. The van der Waals surface area contributed by atoms with E-state index >= 15 is 0 Å². The summed E-state index contributed by atoms with van der Waals surface area (Å²) in [5.74, 6) is -0.382. The number of urea groups is 1. The quantitative estimate of drug-likeness (QED) is 0.628. The van der Waals surface area contributed by atoms with E-state index in [9.17, 15) is 18.5 Å². The second kappa shape index (κ2) is 9.04. The molecule has 0 saturated carbocycles. The Labute approximate surface area is 173 Å². The molecule has 2 amide bonds. The van der Waals surface area contributed by atoms with Crippen molar-refractivity contribution in [2.24, 2.45) is 0 Å². The number of aliphatic hydroxyl groups is 1. The van der Waals surface area contributed by atoms with Crippen LogP contribution in [0.25, 0.3) is 0 Å². The van der Waals surface area contributed by atoms with Crippen LogP contribution in [0.15, 0.2) is 29.4 Å². The summed E-state index contributed by atoms with van der Waals surface area (Å²) in [6.45, 7) is 11.1. The summed E-state index contributed by atoms with van der Waals surface area (Å²) in [4.78, 5) is 12.5. The number of aromatic nitrogens is 2. The van der Waals surface area contributed by atoms with Gasteiger partial charge < -0.3 is 10.4 Å². The number of hydrogen-bond donors (Lipinski definition) is 3. The van der Waals surface area contributed by atoms with Gasteiger partial charge in [-0.15, -0.1) is 0 Å². The lowest BCUT2D eigenvalue weighted by molar-refractivity contribution is 0.0574. The van der Waals surface area contributed by atoms with Crippen LogP contribution in [-0.2, 0) is 17.5 Å². The normalized spacial score (nSPS) is 13.0. The van der Waals surface area contributed by atoms with Crippen molar-refractivity contribution in [3.05, 3.63) is 41.3 Å². The van der Waals surface area contributed by atoms with Crippen LogP contribution in [0.2, 0.25) is 0 Å². The molecule has 0 aliphatic carbocycles. The SMILES string of the molecule is CC(C)c1cc(F)cc(C(C)C)c1NC(=O)NS(=O)c1ccn(CC(C)(C)O)n1. The summed E-state index contributed by atoms with van der Waals surface area (Å²) in [5.41, 5.74) is 0.894. The molecule has 0 aliphatic rings. The molecule has 2 aromatic rings. The van der Waals surface area contributed by atoms with Crippen molar-refractivity contribution in [3.63, 3.8) is 0 Å². The fraction of sp³-hybridized carbons (Fsp3) is 0.500. The Balaban J connectivity index is 2.18. The molecule has 0 bridgehead atoms. The maximum Gasteiger partial charge on any atom is 0.331 e. The minimum Gasteiger partial charge on any atom is -0.389 e. The van der Waals surface area contributed by atoms with Crippen molar-refractivity contribution in [2.75, 3.05) is 5.32 Å². The van der Waals surface area contributed by atoms with E-state index in [4.69, 9.17) is 0 Å². The van der Waals surface area contributed by atoms with E-state index < -0.39 is 22.6 Å². The number of amides is 2. The standard InChI is InChI=1S/C20H29FN4O3S/c1-12(2)15-9-14(21)10-16(13(3)4)18(15)22-19(26)24-29(28)17-7-8-25(23-17)11-20(5,6)27/h7-10,12-13,27H,11H2,1-6H3,(H2,22,24,26). The molecule has 7 nitrogen and oxygen atoms in total. The van der Waals surface area contributed by atoms with Crippen LogP contribution in [0.4, 0.5) is 14.9 Å². The van der Waals surface area contributed by atoms with Crippen LogP contribution in [-0.4, -0.2) is 30.7 Å². The number of benzene rings is 1. The maximum absolute atomic E-state index is 14.0. The number of nitrogens with zero attached hydrogens (tertiary/aromatic N) is 2. The lowest BCUT2D eigenvalue weighted by atomic mass is 9.92. The number of rotatable bonds is 7. The summed E-state index contributed by atoms with van der Waals surface area (Å²) in [5, 5.41) is 16.9. The minimum absolute atomic E-state index is 0.0125. The van der Waals surface area contributed by atoms with Gasteiger partial charge in [0, 0.05) is 11.9 Å².